The second kappa shape index (κ2) is 3.03. The van der Waals surface area contributed by atoms with Crippen molar-refractivity contribution in [3.63, 3.8) is 0 Å². The fraction of sp³-hybridized carbons (Fsp3) is 0.846. The molecule has 0 spiro atoms. The minimum atomic E-state index is -0.483. The van der Waals surface area contributed by atoms with Gasteiger partial charge in [0.15, 0.2) is 0 Å². The molecule has 4 saturated carbocycles. The molecule has 3 atom stereocenters. The molecule has 17 heavy (non-hydrogen) atoms. The first kappa shape index (κ1) is 11.1. The number of alkyl carbamates (subject to hydrolysis) is 1. The van der Waals surface area contributed by atoms with Crippen LogP contribution in [0.4, 0.5) is 4.79 Å². The van der Waals surface area contributed by atoms with Gasteiger partial charge in [0.25, 0.3) is 0 Å². The van der Waals surface area contributed by atoms with Crippen LogP contribution < -0.4 is 5.32 Å². The Morgan fingerprint density at radius 2 is 1.94 bits per heavy atom. The maximum atomic E-state index is 11.8. The smallest absolute Gasteiger partial charge is 0.407 e. The van der Waals surface area contributed by atoms with Gasteiger partial charge in [0.1, 0.15) is 11.9 Å². The first-order valence-corrected chi connectivity index (χ1v) is 6.34. The molecule has 4 rings (SSSR count). The maximum absolute atomic E-state index is 11.8. The lowest BCUT2D eigenvalue weighted by atomic mass is 9.99. The highest BCUT2D eigenvalue weighted by Gasteiger charge is 2.80. The molecule has 3 unspecified atom stereocenters. The Bertz CT molecular complexity index is 373. The zero-order chi connectivity index (χ0) is 12.4. The summed E-state index contributed by atoms with van der Waals surface area (Å²) in [4.78, 5) is 23.0. The van der Waals surface area contributed by atoms with Gasteiger partial charge >= 0.3 is 6.09 Å². The molecule has 0 saturated heterocycles. The van der Waals surface area contributed by atoms with Crippen molar-refractivity contribution >= 4 is 12.4 Å². The van der Waals surface area contributed by atoms with E-state index in [9.17, 15) is 9.59 Å². The minimum absolute atomic E-state index is 0.0184. The summed E-state index contributed by atoms with van der Waals surface area (Å²) in [5, 5.41) is 2.92. The number of amides is 1. The number of hydrogen-bond acceptors (Lipinski definition) is 3. The summed E-state index contributed by atoms with van der Waals surface area (Å²) < 4.78 is 5.26. The van der Waals surface area contributed by atoms with E-state index in [2.05, 4.69) is 5.32 Å². The summed E-state index contributed by atoms with van der Waals surface area (Å²) >= 11 is 0. The molecular weight excluding hydrogens is 218 g/mol. The molecule has 4 aliphatic rings. The zero-order valence-corrected chi connectivity index (χ0v) is 10.5. The number of hydrogen-bond donors (Lipinski definition) is 1. The predicted molar refractivity (Wildman–Crippen MR) is 61.4 cm³/mol. The predicted octanol–water partition coefficient (Wildman–Crippen LogP) is 1.73. The lowest BCUT2D eigenvalue weighted by molar-refractivity contribution is -0.113. The van der Waals surface area contributed by atoms with Crippen LogP contribution in [0, 0.1) is 23.2 Å². The van der Waals surface area contributed by atoms with Crippen molar-refractivity contribution in [2.45, 2.75) is 45.3 Å². The number of carbonyl (C=O) groups excluding carboxylic acids is 2. The Kier molecular flexibility index (Phi) is 1.97. The molecule has 0 radical (unpaired) electrons. The topological polar surface area (TPSA) is 55.4 Å². The largest absolute Gasteiger partial charge is 0.444 e. The third kappa shape index (κ3) is 1.36. The number of aldehydes is 1. The summed E-state index contributed by atoms with van der Waals surface area (Å²) in [7, 11) is 0. The van der Waals surface area contributed by atoms with E-state index >= 15 is 0 Å². The molecule has 1 N–H and O–H groups in total. The summed E-state index contributed by atoms with van der Waals surface area (Å²) in [5.74, 6) is 1.55. The van der Waals surface area contributed by atoms with Crippen LogP contribution in [0.15, 0.2) is 0 Å². The van der Waals surface area contributed by atoms with Gasteiger partial charge in [-0.15, -0.1) is 0 Å². The number of carbonyl (C=O) groups is 2. The Hall–Kier alpha value is -1.06. The van der Waals surface area contributed by atoms with E-state index in [1.54, 1.807) is 0 Å². The van der Waals surface area contributed by atoms with Gasteiger partial charge < -0.3 is 14.8 Å². The molecule has 0 aromatic carbocycles. The second-order valence-corrected chi connectivity index (χ2v) is 6.69. The molecule has 0 aromatic rings. The van der Waals surface area contributed by atoms with E-state index in [0.717, 1.165) is 19.1 Å². The van der Waals surface area contributed by atoms with Crippen molar-refractivity contribution in [1.82, 2.24) is 5.32 Å². The quantitative estimate of drug-likeness (QED) is 0.744. The van der Waals surface area contributed by atoms with Crippen molar-refractivity contribution in [2.24, 2.45) is 23.2 Å². The first-order chi connectivity index (χ1) is 7.88. The van der Waals surface area contributed by atoms with Gasteiger partial charge in [0.2, 0.25) is 0 Å². The van der Waals surface area contributed by atoms with Crippen LogP contribution in [0.2, 0.25) is 0 Å². The molecule has 4 heteroatoms. The van der Waals surface area contributed by atoms with Gasteiger partial charge in [0.05, 0.1) is 5.41 Å². The van der Waals surface area contributed by atoms with E-state index in [-0.39, 0.29) is 17.6 Å². The van der Waals surface area contributed by atoms with Gasteiger partial charge in [0, 0.05) is 6.04 Å². The fourth-order valence-corrected chi connectivity index (χ4v) is 4.14. The van der Waals surface area contributed by atoms with Crippen LogP contribution in [0.3, 0.4) is 0 Å². The van der Waals surface area contributed by atoms with Crippen LogP contribution in [-0.2, 0) is 9.53 Å². The van der Waals surface area contributed by atoms with Crippen LogP contribution in [0.25, 0.3) is 0 Å². The number of ether oxygens (including phenoxy) is 1. The van der Waals surface area contributed by atoms with E-state index < -0.39 is 5.60 Å². The summed E-state index contributed by atoms with van der Waals surface area (Å²) in [6, 6.07) is 0.0184. The Morgan fingerprint density at radius 3 is 2.41 bits per heavy atom. The van der Waals surface area contributed by atoms with Crippen LogP contribution >= 0.6 is 0 Å². The van der Waals surface area contributed by atoms with E-state index in [4.69, 9.17) is 4.74 Å². The normalized spacial score (nSPS) is 45.6. The fourth-order valence-electron chi connectivity index (χ4n) is 4.14. The van der Waals surface area contributed by atoms with Gasteiger partial charge in [-0.25, -0.2) is 4.79 Å². The maximum Gasteiger partial charge on any atom is 0.407 e. The Labute approximate surface area is 101 Å². The van der Waals surface area contributed by atoms with Gasteiger partial charge in [-0.1, -0.05) is 0 Å². The minimum Gasteiger partial charge on any atom is -0.444 e. The van der Waals surface area contributed by atoms with E-state index in [1.807, 2.05) is 20.8 Å². The molecule has 4 aliphatic carbocycles. The van der Waals surface area contributed by atoms with Crippen molar-refractivity contribution in [3.05, 3.63) is 0 Å². The third-order valence-corrected chi connectivity index (χ3v) is 4.66. The molecule has 0 heterocycles. The van der Waals surface area contributed by atoms with Crippen molar-refractivity contribution in [3.8, 4) is 0 Å². The molecule has 1 amide bonds. The summed E-state index contributed by atoms with van der Waals surface area (Å²) in [6.07, 6.45) is 2.90. The molecule has 4 bridgehead atoms. The first-order valence-electron chi connectivity index (χ1n) is 6.34. The summed E-state index contributed by atoms with van der Waals surface area (Å²) in [6.45, 7) is 5.53. The van der Waals surface area contributed by atoms with E-state index in [1.165, 1.54) is 0 Å². The Balaban J connectivity index is 1.67. The molecular formula is C13H19NO3. The highest BCUT2D eigenvalue weighted by atomic mass is 16.6. The van der Waals surface area contributed by atoms with Gasteiger partial charge in [-0.2, -0.15) is 0 Å². The average molecular weight is 237 g/mol. The number of nitrogens with one attached hydrogen (secondary N) is 1. The van der Waals surface area contributed by atoms with Crippen molar-refractivity contribution < 1.29 is 14.3 Å². The van der Waals surface area contributed by atoms with Crippen molar-refractivity contribution in [1.29, 1.82) is 0 Å². The molecule has 0 aliphatic heterocycles. The number of rotatable bonds is 2. The molecule has 0 aromatic heterocycles. The highest BCUT2D eigenvalue weighted by molar-refractivity contribution is 5.75. The van der Waals surface area contributed by atoms with Crippen LogP contribution in [0.5, 0.6) is 0 Å². The molecule has 94 valence electrons. The van der Waals surface area contributed by atoms with Crippen LogP contribution in [0.1, 0.15) is 33.6 Å². The SMILES string of the molecule is CC(C)(C)OC(=O)NC1C2CC3C(C2)C31C=O. The van der Waals surface area contributed by atoms with Gasteiger partial charge in [-0.05, 0) is 51.4 Å². The molecule has 4 fully saturated rings. The Morgan fingerprint density at radius 1 is 1.35 bits per heavy atom. The monoisotopic (exact) mass is 237 g/mol. The van der Waals surface area contributed by atoms with Crippen LogP contribution in [-0.4, -0.2) is 24.0 Å². The summed E-state index contributed by atoms with van der Waals surface area (Å²) in [5.41, 5.74) is -0.718. The molecule has 4 nitrogen and oxygen atoms in total. The lowest BCUT2D eigenvalue weighted by Crippen LogP contribution is -2.44. The lowest BCUT2D eigenvalue weighted by Gasteiger charge is -2.25. The second-order valence-electron chi connectivity index (χ2n) is 6.69. The zero-order valence-electron chi connectivity index (χ0n) is 10.5. The van der Waals surface area contributed by atoms with Gasteiger partial charge in [-0.3, -0.25) is 0 Å². The van der Waals surface area contributed by atoms with Crippen molar-refractivity contribution in [2.75, 3.05) is 0 Å². The standard InChI is InChI=1S/C13H19NO3/c1-12(2,3)17-11(16)14-10-7-4-8-9(5-7)13(8,10)6-15/h6-10H,4-5H2,1-3H3,(H,14,16). The van der Waals surface area contributed by atoms with E-state index in [0.29, 0.717) is 17.8 Å². The highest BCUT2D eigenvalue weighted by Crippen LogP contribution is 2.77. The third-order valence-electron chi connectivity index (χ3n) is 4.66. The average Bonchev–Trinajstić information content (AvgIpc) is 2.55.